The second-order valence-electron chi connectivity index (χ2n) is 9.15. The molecule has 1 N–H and O–H groups in total. The number of aromatic amines is 1. The highest BCUT2D eigenvalue weighted by molar-refractivity contribution is 6.22. The van der Waals surface area contributed by atoms with E-state index in [1.807, 2.05) is 19.2 Å². The average Bonchev–Trinajstić information content (AvgIpc) is 3.32. The third-order valence-corrected chi connectivity index (χ3v) is 6.87. The minimum absolute atomic E-state index is 0.0460. The van der Waals surface area contributed by atoms with Crippen LogP contribution in [0, 0.1) is 11.7 Å². The van der Waals surface area contributed by atoms with Gasteiger partial charge in [0.05, 0.1) is 18.7 Å². The molecule has 178 valence electrons. The van der Waals surface area contributed by atoms with E-state index in [4.69, 9.17) is 4.74 Å². The maximum atomic E-state index is 13.8. The molecule has 0 spiro atoms. The van der Waals surface area contributed by atoms with E-state index in [0.717, 1.165) is 52.8 Å². The van der Waals surface area contributed by atoms with Crippen molar-refractivity contribution in [3.8, 4) is 16.9 Å². The first kappa shape index (κ1) is 23.9. The number of ether oxygens (including phenoxy) is 1. The number of Topliss-reactive ketones (excluding diaryl/α,β-unsaturated/α-hetero) is 1. The lowest BCUT2D eigenvalue weighted by Gasteiger charge is -2.26. The summed E-state index contributed by atoms with van der Waals surface area (Å²) in [5, 5.41) is 7.40. The Kier molecular flexibility index (Phi) is 7.30. The fourth-order valence-electron chi connectivity index (χ4n) is 4.79. The lowest BCUT2D eigenvalue weighted by Crippen LogP contribution is -2.29. The van der Waals surface area contributed by atoms with E-state index in [9.17, 15) is 9.18 Å². The summed E-state index contributed by atoms with van der Waals surface area (Å²) in [6, 6.07) is 10.9. The van der Waals surface area contributed by atoms with Crippen LogP contribution in [-0.4, -0.2) is 22.6 Å². The van der Waals surface area contributed by atoms with Crippen LogP contribution >= 0.6 is 0 Å². The molecule has 4 rings (SSSR count). The fraction of sp³-hybridized carbons (Fsp3) is 0.379. The van der Waals surface area contributed by atoms with Crippen LogP contribution in [0.4, 0.5) is 4.39 Å². The van der Waals surface area contributed by atoms with Gasteiger partial charge in [-0.25, -0.2) is 4.39 Å². The minimum atomic E-state index is -0.338. The number of hydrogen-bond donors (Lipinski definition) is 1. The van der Waals surface area contributed by atoms with Gasteiger partial charge >= 0.3 is 0 Å². The first-order valence-electron chi connectivity index (χ1n) is 12.2. The number of hydrogen-bond acceptors (Lipinski definition) is 3. The molecule has 0 fully saturated rings. The van der Waals surface area contributed by atoms with Crippen molar-refractivity contribution in [1.29, 1.82) is 0 Å². The van der Waals surface area contributed by atoms with Gasteiger partial charge in [0.15, 0.2) is 5.78 Å². The number of nitrogens with zero attached hydrogens (tertiary/aromatic N) is 1. The molecule has 1 aliphatic rings. The number of rotatable bonds is 8. The number of ketones is 1. The Hall–Kier alpha value is -3.21. The van der Waals surface area contributed by atoms with Crippen molar-refractivity contribution in [2.45, 2.75) is 59.3 Å². The van der Waals surface area contributed by atoms with Crippen molar-refractivity contribution in [3.05, 3.63) is 76.9 Å². The number of nitrogens with one attached hydrogen (secondary N) is 1. The fourth-order valence-corrected chi connectivity index (χ4v) is 4.79. The predicted molar refractivity (Wildman–Crippen MR) is 134 cm³/mol. The van der Waals surface area contributed by atoms with Crippen molar-refractivity contribution in [2.24, 2.45) is 5.92 Å². The van der Waals surface area contributed by atoms with Crippen LogP contribution in [0.2, 0.25) is 0 Å². The number of aromatic nitrogens is 2. The summed E-state index contributed by atoms with van der Waals surface area (Å²) in [4.78, 5) is 13.7. The van der Waals surface area contributed by atoms with E-state index in [1.54, 1.807) is 6.07 Å². The molecule has 0 bridgehead atoms. The summed E-state index contributed by atoms with van der Waals surface area (Å²) in [5.74, 6) is 0.356. The number of benzene rings is 2. The molecule has 3 aromatic rings. The molecule has 1 aromatic heterocycles. The first-order chi connectivity index (χ1) is 16.5. The van der Waals surface area contributed by atoms with Gasteiger partial charge in [-0.1, -0.05) is 51.5 Å². The van der Waals surface area contributed by atoms with Crippen LogP contribution < -0.4 is 4.74 Å². The summed E-state index contributed by atoms with van der Waals surface area (Å²) >= 11 is 0. The van der Waals surface area contributed by atoms with Gasteiger partial charge in [0, 0.05) is 16.8 Å². The number of aryl methyl sites for hydroxylation is 1. The van der Waals surface area contributed by atoms with Gasteiger partial charge in [0.1, 0.15) is 11.6 Å². The summed E-state index contributed by atoms with van der Waals surface area (Å²) in [7, 11) is 0. The molecular formula is C29H33FN2O2. The molecule has 2 unspecified atom stereocenters. The molecule has 1 aliphatic heterocycles. The van der Waals surface area contributed by atoms with Crippen LogP contribution in [0.1, 0.15) is 68.8 Å². The van der Waals surface area contributed by atoms with Crippen molar-refractivity contribution < 1.29 is 13.9 Å². The van der Waals surface area contributed by atoms with Gasteiger partial charge in [0.2, 0.25) is 0 Å². The molecule has 2 heterocycles. The van der Waals surface area contributed by atoms with E-state index < -0.39 is 0 Å². The largest absolute Gasteiger partial charge is 0.493 e. The Morgan fingerprint density at radius 1 is 1.26 bits per heavy atom. The average molecular weight is 461 g/mol. The molecule has 5 heteroatoms. The van der Waals surface area contributed by atoms with E-state index >= 15 is 0 Å². The van der Waals surface area contributed by atoms with Gasteiger partial charge in [-0.3, -0.25) is 9.89 Å². The van der Waals surface area contributed by atoms with E-state index in [1.165, 1.54) is 12.1 Å². The van der Waals surface area contributed by atoms with Crippen molar-refractivity contribution in [2.75, 3.05) is 6.61 Å². The number of carbonyl (C=O) groups excluding carboxylic acids is 1. The summed E-state index contributed by atoms with van der Waals surface area (Å²) < 4.78 is 19.6. The Balaban J connectivity index is 1.69. The zero-order chi connectivity index (χ0) is 24.2. The van der Waals surface area contributed by atoms with Crippen molar-refractivity contribution in [3.63, 3.8) is 0 Å². The third-order valence-electron chi connectivity index (χ3n) is 6.87. The van der Waals surface area contributed by atoms with Crippen molar-refractivity contribution >= 4 is 11.4 Å². The molecular weight excluding hydrogens is 427 g/mol. The molecule has 0 amide bonds. The normalized spacial score (nSPS) is 16.6. The zero-order valence-corrected chi connectivity index (χ0v) is 20.5. The number of fused-ring (bicyclic) bond motifs is 1. The standard InChI is InChI=1S/C29H33FN2O2/c1-5-8-27-26(16-31-32-27)19-9-11-24(25(15-19)18(4)6-2)23(7-3)29(33)21-13-20-14-22(30)10-12-28(20)34-17-21/h7,9-12,14-16,18,21H,5-6,8,13,17H2,1-4H3,(H,31,32)/b23-7+. The molecule has 0 saturated carbocycles. The topological polar surface area (TPSA) is 55.0 Å². The van der Waals surface area contributed by atoms with Gasteiger partial charge < -0.3 is 4.74 Å². The molecule has 0 saturated heterocycles. The van der Waals surface area contributed by atoms with E-state index in [2.05, 4.69) is 49.2 Å². The summed E-state index contributed by atoms with van der Waals surface area (Å²) in [6.07, 6.45) is 7.23. The molecule has 34 heavy (non-hydrogen) atoms. The van der Waals surface area contributed by atoms with Crippen LogP contribution in [0.3, 0.4) is 0 Å². The Labute approximate surface area is 201 Å². The monoisotopic (exact) mass is 460 g/mol. The number of halogens is 1. The van der Waals surface area contributed by atoms with Crippen LogP contribution in [0.25, 0.3) is 16.7 Å². The molecule has 2 atom stereocenters. The maximum absolute atomic E-state index is 13.8. The Bertz CT molecular complexity index is 1210. The lowest BCUT2D eigenvalue weighted by molar-refractivity contribution is -0.118. The van der Waals surface area contributed by atoms with Crippen LogP contribution in [0.5, 0.6) is 5.75 Å². The van der Waals surface area contributed by atoms with Gasteiger partial charge in [-0.15, -0.1) is 0 Å². The smallest absolute Gasteiger partial charge is 0.169 e. The number of allylic oxidation sites excluding steroid dienone is 2. The predicted octanol–water partition coefficient (Wildman–Crippen LogP) is 6.91. The van der Waals surface area contributed by atoms with E-state index in [0.29, 0.717) is 24.4 Å². The maximum Gasteiger partial charge on any atom is 0.169 e. The second-order valence-corrected chi connectivity index (χ2v) is 9.15. The van der Waals surface area contributed by atoms with Crippen LogP contribution in [0.15, 0.2) is 48.7 Å². The minimum Gasteiger partial charge on any atom is -0.493 e. The van der Waals surface area contributed by atoms with Gasteiger partial charge in [0.25, 0.3) is 0 Å². The molecule has 4 nitrogen and oxygen atoms in total. The third kappa shape index (κ3) is 4.70. The van der Waals surface area contributed by atoms with Crippen molar-refractivity contribution in [1.82, 2.24) is 10.2 Å². The Morgan fingerprint density at radius 3 is 2.82 bits per heavy atom. The molecule has 0 radical (unpaired) electrons. The molecule has 2 aromatic carbocycles. The van der Waals surface area contributed by atoms with Gasteiger partial charge in [-0.05, 0) is 72.6 Å². The lowest BCUT2D eigenvalue weighted by atomic mass is 9.82. The highest BCUT2D eigenvalue weighted by atomic mass is 19.1. The highest BCUT2D eigenvalue weighted by Gasteiger charge is 2.30. The quantitative estimate of drug-likeness (QED) is 0.372. The zero-order valence-electron chi connectivity index (χ0n) is 20.5. The SMILES string of the molecule is C/C=C(/C(=O)C1COc2ccc(F)cc2C1)c1ccc(-c2cn[nH]c2CCC)cc1C(C)CC. The molecule has 0 aliphatic carbocycles. The van der Waals surface area contributed by atoms with Crippen LogP contribution in [-0.2, 0) is 17.6 Å². The highest BCUT2D eigenvalue weighted by Crippen LogP contribution is 2.36. The summed E-state index contributed by atoms with van der Waals surface area (Å²) in [5.41, 5.74) is 6.95. The van der Waals surface area contributed by atoms with Gasteiger partial charge in [-0.2, -0.15) is 5.10 Å². The Morgan fingerprint density at radius 2 is 2.09 bits per heavy atom. The number of H-pyrrole nitrogens is 1. The number of carbonyl (C=O) groups is 1. The first-order valence-corrected chi connectivity index (χ1v) is 12.2. The summed E-state index contributed by atoms with van der Waals surface area (Å²) in [6.45, 7) is 8.74. The second kappa shape index (κ2) is 10.4. The van der Waals surface area contributed by atoms with E-state index in [-0.39, 0.29) is 23.4 Å².